The molecule has 3 heterocycles. The van der Waals surface area contributed by atoms with Crippen molar-refractivity contribution in [1.29, 1.82) is 0 Å². The highest BCUT2D eigenvalue weighted by Crippen LogP contribution is 2.23. The zero-order valence-electron chi connectivity index (χ0n) is 20.2. The molecule has 2 aromatic carbocycles. The lowest BCUT2D eigenvalue weighted by atomic mass is 10.2. The molecule has 0 aliphatic carbocycles. The Morgan fingerprint density at radius 2 is 1.46 bits per heavy atom. The molecule has 1 aliphatic heterocycles. The lowest BCUT2D eigenvalue weighted by Crippen LogP contribution is -2.47. The van der Waals surface area contributed by atoms with Crippen LogP contribution in [0.1, 0.15) is 38.1 Å². The van der Waals surface area contributed by atoms with Crippen molar-refractivity contribution < 1.29 is 4.52 Å². The van der Waals surface area contributed by atoms with Crippen LogP contribution in [0.4, 0.5) is 0 Å². The first-order valence-corrected chi connectivity index (χ1v) is 12.4. The smallest absolute Gasteiger partial charge is 0.244 e. The highest BCUT2D eigenvalue weighted by atomic mass is 16.5. The Kier molecular flexibility index (Phi) is 7.55. The molecule has 1 fully saturated rings. The molecule has 0 N–H and O–H groups in total. The first-order valence-electron chi connectivity index (χ1n) is 12.4. The summed E-state index contributed by atoms with van der Waals surface area (Å²) in [5, 5.41) is 17.0. The van der Waals surface area contributed by atoms with Gasteiger partial charge >= 0.3 is 0 Å². The molecule has 0 saturated carbocycles. The molecule has 0 bridgehead atoms. The topological polar surface area (TPSA) is 89.0 Å². The molecule has 1 saturated heterocycles. The number of tetrazole rings is 1. The van der Waals surface area contributed by atoms with Crippen molar-refractivity contribution in [1.82, 2.24) is 40.1 Å². The van der Waals surface area contributed by atoms with Crippen LogP contribution in [-0.4, -0.2) is 72.9 Å². The standard InChI is InChI=1S/C26H32N8O/c1-21(26-27-24(30-35-26)22-11-5-2-6-12-22)33-19-17-32(18-20-33)15-9-4-10-16-34-29-25(28-31-34)23-13-7-3-8-14-23/h2-3,5-8,11-14,21H,4,9-10,15-20H2,1H3. The number of hydrogen-bond acceptors (Lipinski definition) is 8. The average Bonchev–Trinajstić information content (AvgIpc) is 3.60. The molecule has 35 heavy (non-hydrogen) atoms. The van der Waals surface area contributed by atoms with Crippen molar-refractivity contribution in [2.24, 2.45) is 0 Å². The second kappa shape index (κ2) is 11.3. The third kappa shape index (κ3) is 5.98. The normalized spacial score (nSPS) is 15.9. The molecule has 2 aromatic heterocycles. The largest absolute Gasteiger partial charge is 0.337 e. The number of unbranched alkanes of at least 4 members (excludes halogenated alkanes) is 2. The summed E-state index contributed by atoms with van der Waals surface area (Å²) in [6.07, 6.45) is 3.39. The minimum Gasteiger partial charge on any atom is -0.337 e. The van der Waals surface area contributed by atoms with Crippen molar-refractivity contribution in [3.63, 3.8) is 0 Å². The molecule has 9 heteroatoms. The van der Waals surface area contributed by atoms with E-state index >= 15 is 0 Å². The summed E-state index contributed by atoms with van der Waals surface area (Å²) in [4.78, 5) is 11.3. The Labute approximate surface area is 205 Å². The van der Waals surface area contributed by atoms with Crippen LogP contribution >= 0.6 is 0 Å². The summed E-state index contributed by atoms with van der Waals surface area (Å²) in [7, 11) is 0. The van der Waals surface area contributed by atoms with E-state index < -0.39 is 0 Å². The molecule has 1 unspecified atom stereocenters. The van der Waals surface area contributed by atoms with Crippen molar-refractivity contribution in [2.75, 3.05) is 32.7 Å². The van der Waals surface area contributed by atoms with Crippen LogP contribution < -0.4 is 0 Å². The first-order chi connectivity index (χ1) is 17.3. The Hall–Kier alpha value is -3.43. The predicted molar refractivity (Wildman–Crippen MR) is 133 cm³/mol. The van der Waals surface area contributed by atoms with Crippen LogP contribution in [-0.2, 0) is 6.54 Å². The quantitative estimate of drug-likeness (QED) is 0.321. The van der Waals surface area contributed by atoms with Gasteiger partial charge in [-0.15, -0.1) is 10.2 Å². The summed E-state index contributed by atoms with van der Waals surface area (Å²) in [5.41, 5.74) is 1.98. The van der Waals surface area contributed by atoms with Gasteiger partial charge in [0.2, 0.25) is 17.5 Å². The van der Waals surface area contributed by atoms with Crippen molar-refractivity contribution in [3.8, 4) is 22.8 Å². The van der Waals surface area contributed by atoms with Gasteiger partial charge in [-0.3, -0.25) is 4.90 Å². The zero-order chi connectivity index (χ0) is 23.9. The molecule has 1 aliphatic rings. The second-order valence-electron chi connectivity index (χ2n) is 9.01. The molecule has 0 amide bonds. The summed E-state index contributed by atoms with van der Waals surface area (Å²) < 4.78 is 5.58. The molecular weight excluding hydrogens is 440 g/mol. The highest BCUT2D eigenvalue weighted by Gasteiger charge is 2.25. The van der Waals surface area contributed by atoms with Gasteiger partial charge in [-0.1, -0.05) is 72.2 Å². The van der Waals surface area contributed by atoms with Crippen molar-refractivity contribution in [2.45, 2.75) is 38.8 Å². The molecule has 4 aromatic rings. The van der Waals surface area contributed by atoms with Crippen molar-refractivity contribution >= 4 is 0 Å². The number of hydrogen-bond donors (Lipinski definition) is 0. The van der Waals surface area contributed by atoms with Gasteiger partial charge in [0.05, 0.1) is 12.6 Å². The van der Waals surface area contributed by atoms with E-state index in [-0.39, 0.29) is 6.04 Å². The summed E-state index contributed by atoms with van der Waals surface area (Å²) in [6.45, 7) is 8.23. The van der Waals surface area contributed by atoms with Crippen LogP contribution in [0.3, 0.4) is 0 Å². The first kappa shape index (κ1) is 23.3. The summed E-state index contributed by atoms with van der Waals surface area (Å²) in [5.74, 6) is 2.03. The van der Waals surface area contributed by atoms with Gasteiger partial charge in [0.1, 0.15) is 0 Å². The third-order valence-corrected chi connectivity index (χ3v) is 6.60. The van der Waals surface area contributed by atoms with Gasteiger partial charge in [-0.2, -0.15) is 9.78 Å². The van der Waals surface area contributed by atoms with Crippen LogP contribution in [0.5, 0.6) is 0 Å². The predicted octanol–water partition coefficient (Wildman–Crippen LogP) is 3.94. The fraction of sp³-hybridized carbons (Fsp3) is 0.423. The molecule has 1 atom stereocenters. The van der Waals surface area contributed by atoms with E-state index in [9.17, 15) is 0 Å². The number of rotatable bonds is 10. The second-order valence-corrected chi connectivity index (χ2v) is 9.01. The number of aryl methyl sites for hydroxylation is 1. The Bertz CT molecular complexity index is 1170. The van der Waals surface area contributed by atoms with E-state index in [1.807, 2.05) is 60.7 Å². The van der Waals surface area contributed by atoms with Crippen molar-refractivity contribution in [3.05, 3.63) is 66.6 Å². The summed E-state index contributed by atoms with van der Waals surface area (Å²) >= 11 is 0. The SMILES string of the molecule is CC(c1nc(-c2ccccc2)no1)N1CCN(CCCCCn2nnc(-c3ccccc3)n2)CC1. The maximum absolute atomic E-state index is 5.58. The monoisotopic (exact) mass is 472 g/mol. The molecule has 5 rings (SSSR count). The van der Waals surface area contributed by atoms with Gasteiger partial charge < -0.3 is 9.42 Å². The van der Waals surface area contributed by atoms with E-state index in [1.165, 1.54) is 6.42 Å². The van der Waals surface area contributed by atoms with Crippen LogP contribution in [0.2, 0.25) is 0 Å². The van der Waals surface area contributed by atoms with Gasteiger partial charge in [-0.25, -0.2) is 0 Å². The van der Waals surface area contributed by atoms with E-state index in [1.54, 1.807) is 4.80 Å². The summed E-state index contributed by atoms with van der Waals surface area (Å²) in [6, 6.07) is 20.1. The number of aromatic nitrogens is 6. The van der Waals surface area contributed by atoms with Gasteiger partial charge in [0, 0.05) is 37.3 Å². The van der Waals surface area contributed by atoms with E-state index in [0.717, 1.165) is 63.2 Å². The van der Waals surface area contributed by atoms with Gasteiger partial charge in [0.15, 0.2) is 0 Å². The van der Waals surface area contributed by atoms with E-state index in [2.05, 4.69) is 42.3 Å². The highest BCUT2D eigenvalue weighted by molar-refractivity contribution is 5.54. The van der Waals surface area contributed by atoms with E-state index in [4.69, 9.17) is 4.52 Å². The fourth-order valence-electron chi connectivity index (χ4n) is 4.45. The van der Waals surface area contributed by atoms with Gasteiger partial charge in [-0.05, 0) is 31.5 Å². The molecule has 9 nitrogen and oxygen atoms in total. The van der Waals surface area contributed by atoms with E-state index in [0.29, 0.717) is 17.5 Å². The Morgan fingerprint density at radius 1 is 0.800 bits per heavy atom. The fourth-order valence-corrected chi connectivity index (χ4v) is 4.45. The van der Waals surface area contributed by atoms with Crippen LogP contribution in [0, 0.1) is 0 Å². The molecule has 0 spiro atoms. The molecule has 182 valence electrons. The van der Waals surface area contributed by atoms with Crippen LogP contribution in [0.25, 0.3) is 22.8 Å². The third-order valence-electron chi connectivity index (χ3n) is 6.60. The number of nitrogens with zero attached hydrogens (tertiary/aromatic N) is 8. The maximum Gasteiger partial charge on any atom is 0.244 e. The molecule has 0 radical (unpaired) electrons. The Balaban J connectivity index is 1.000. The van der Waals surface area contributed by atoms with Crippen LogP contribution in [0.15, 0.2) is 65.2 Å². The Morgan fingerprint density at radius 3 is 2.17 bits per heavy atom. The number of benzene rings is 2. The average molecular weight is 473 g/mol. The lowest BCUT2D eigenvalue weighted by Gasteiger charge is -2.36. The zero-order valence-corrected chi connectivity index (χ0v) is 20.2. The minimum absolute atomic E-state index is 0.123. The minimum atomic E-state index is 0.123. The number of piperazine rings is 1. The maximum atomic E-state index is 5.58. The lowest BCUT2D eigenvalue weighted by molar-refractivity contribution is 0.0873. The molecular formula is C26H32N8O. The van der Waals surface area contributed by atoms with Gasteiger partial charge in [0.25, 0.3) is 0 Å².